The van der Waals surface area contributed by atoms with Crippen molar-refractivity contribution in [3.8, 4) is 11.5 Å². The van der Waals surface area contributed by atoms with Crippen molar-refractivity contribution >= 4 is 35.5 Å². The fourth-order valence-corrected chi connectivity index (χ4v) is 11.9. The van der Waals surface area contributed by atoms with Gasteiger partial charge in [-0.2, -0.15) is 0 Å². The molecule has 14 heteroatoms. The topological polar surface area (TPSA) is 189 Å². The van der Waals surface area contributed by atoms with Crippen molar-refractivity contribution in [1.29, 1.82) is 10.8 Å². The summed E-state index contributed by atoms with van der Waals surface area (Å²) in [4.78, 5) is 59.7. The lowest BCUT2D eigenvalue weighted by Gasteiger charge is -2.45. The van der Waals surface area contributed by atoms with Crippen LogP contribution in [0.4, 0.5) is 0 Å². The second kappa shape index (κ2) is 22.0. The summed E-state index contributed by atoms with van der Waals surface area (Å²) in [5, 5.41) is 31.6. The molecular weight excluding hydrogens is 929 g/mol. The van der Waals surface area contributed by atoms with E-state index in [-0.39, 0.29) is 54.1 Å². The van der Waals surface area contributed by atoms with Crippen molar-refractivity contribution in [1.82, 2.24) is 31.1 Å². The fourth-order valence-electron chi connectivity index (χ4n) is 11.9. The van der Waals surface area contributed by atoms with Crippen LogP contribution < -0.4 is 30.7 Å². The molecule has 8 rings (SSSR count). The van der Waals surface area contributed by atoms with Crippen LogP contribution in [-0.2, 0) is 9.59 Å². The molecule has 5 unspecified atom stereocenters. The second-order valence-corrected chi connectivity index (χ2v) is 22.1. The first-order chi connectivity index (χ1) is 35.4. The standard InChI is InChI=1S/C60H78N8O6/c1-9-22-47(67-51(69)37-59(10-2,11-3)65-55(67)61)39-23-20-25-41(33-39)54(72)64-46-36-58(8,74-50-31-17-15-28-44(46)50)32-19-18-29-48(68-52(70)38-60(12-4,13-5)66-56(68)62)40-24-21-26-42(34-40)53(71)63-45-35-57(6,7)73-49-30-16-14-27-43(45)49/h14-17,20-21,23-28,30-31,33-34,45-48H,9-13,18-19,22,29,32,35-38H2,1-8H3,(H2,61,65)(H2,62,66)(H,63,71)(H,64,72). The highest BCUT2D eigenvalue weighted by molar-refractivity contribution is 6.01. The van der Waals surface area contributed by atoms with E-state index >= 15 is 0 Å². The van der Waals surface area contributed by atoms with Crippen molar-refractivity contribution in [2.24, 2.45) is 0 Å². The molecule has 5 atom stereocenters. The van der Waals surface area contributed by atoms with Gasteiger partial charge in [0.2, 0.25) is 11.8 Å². The number of unbranched alkanes of at least 4 members (excludes halogenated alkanes) is 1. The largest absolute Gasteiger partial charge is 0.487 e. The van der Waals surface area contributed by atoms with Crippen LogP contribution in [0.25, 0.3) is 0 Å². The predicted molar refractivity (Wildman–Crippen MR) is 289 cm³/mol. The summed E-state index contributed by atoms with van der Waals surface area (Å²) in [6.45, 7) is 16.4. The summed E-state index contributed by atoms with van der Waals surface area (Å²) in [6.07, 6.45) is 8.60. The van der Waals surface area contributed by atoms with Gasteiger partial charge >= 0.3 is 0 Å². The molecule has 2 saturated heterocycles. The number of ether oxygens (including phenoxy) is 2. The zero-order valence-corrected chi connectivity index (χ0v) is 44.8. The summed E-state index contributed by atoms with van der Waals surface area (Å²) < 4.78 is 13.0. The summed E-state index contributed by atoms with van der Waals surface area (Å²) in [7, 11) is 0. The summed E-state index contributed by atoms with van der Waals surface area (Å²) >= 11 is 0. The van der Waals surface area contributed by atoms with E-state index < -0.39 is 34.4 Å². The molecular formula is C60H78N8O6. The molecule has 14 nitrogen and oxygen atoms in total. The first kappa shape index (κ1) is 53.6. The number of hydrogen-bond donors (Lipinski definition) is 6. The van der Waals surface area contributed by atoms with Gasteiger partial charge < -0.3 is 30.7 Å². The molecule has 0 radical (unpaired) electrons. The third kappa shape index (κ3) is 11.3. The van der Waals surface area contributed by atoms with Crippen molar-refractivity contribution in [3.05, 3.63) is 130 Å². The van der Waals surface area contributed by atoms with E-state index in [1.807, 2.05) is 126 Å². The Morgan fingerprint density at radius 1 is 0.622 bits per heavy atom. The Morgan fingerprint density at radius 2 is 1.08 bits per heavy atom. The molecule has 2 fully saturated rings. The van der Waals surface area contributed by atoms with Gasteiger partial charge in [-0.3, -0.25) is 39.8 Å². The number of hydrogen-bond acceptors (Lipinski definition) is 8. The Bertz CT molecular complexity index is 2710. The molecule has 4 aromatic carbocycles. The molecule has 0 bridgehead atoms. The van der Waals surface area contributed by atoms with E-state index in [9.17, 15) is 24.6 Å². The van der Waals surface area contributed by atoms with Gasteiger partial charge in [0.15, 0.2) is 11.9 Å². The lowest BCUT2D eigenvalue weighted by molar-refractivity contribution is -0.133. The number of carbonyl (C=O) groups is 4. The van der Waals surface area contributed by atoms with E-state index in [1.165, 1.54) is 0 Å². The Kier molecular flexibility index (Phi) is 15.9. The minimum absolute atomic E-state index is 0.0708. The Balaban J connectivity index is 0.981. The molecule has 0 aliphatic carbocycles. The van der Waals surface area contributed by atoms with E-state index in [1.54, 1.807) is 21.9 Å². The number of fused-ring (bicyclic) bond motifs is 2. The lowest BCUT2D eigenvalue weighted by atomic mass is 9.84. The van der Waals surface area contributed by atoms with E-state index in [2.05, 4.69) is 35.1 Å². The van der Waals surface area contributed by atoms with Gasteiger partial charge in [0.25, 0.3) is 11.8 Å². The Labute approximate surface area is 438 Å². The lowest BCUT2D eigenvalue weighted by Crippen LogP contribution is -2.62. The highest BCUT2D eigenvalue weighted by Gasteiger charge is 2.45. The maximum Gasteiger partial charge on any atom is 0.251 e. The number of nitrogens with zero attached hydrogens (tertiary/aromatic N) is 2. The molecule has 4 aliphatic rings. The molecule has 4 amide bonds. The van der Waals surface area contributed by atoms with E-state index in [0.29, 0.717) is 74.7 Å². The smallest absolute Gasteiger partial charge is 0.251 e. The first-order valence-corrected chi connectivity index (χ1v) is 27.1. The van der Waals surface area contributed by atoms with Crippen LogP contribution in [-0.4, -0.2) is 67.6 Å². The van der Waals surface area contributed by atoms with Crippen molar-refractivity contribution in [2.45, 2.75) is 192 Å². The maximum absolute atomic E-state index is 14.4. The van der Waals surface area contributed by atoms with Crippen LogP contribution in [0.15, 0.2) is 97.1 Å². The number of amides is 4. The van der Waals surface area contributed by atoms with Gasteiger partial charge in [0.05, 0.1) is 37.0 Å². The van der Waals surface area contributed by atoms with Crippen LogP contribution in [0.3, 0.4) is 0 Å². The Hall–Kier alpha value is -6.70. The van der Waals surface area contributed by atoms with Crippen LogP contribution in [0, 0.1) is 10.8 Å². The van der Waals surface area contributed by atoms with Gasteiger partial charge in [0, 0.05) is 46.2 Å². The fraction of sp³-hybridized carbons (Fsp3) is 0.500. The normalized spacial score (nSPS) is 22.4. The number of para-hydroxylation sites is 2. The van der Waals surface area contributed by atoms with Gasteiger partial charge in [-0.1, -0.05) is 108 Å². The SMILES string of the molecule is CCCC(c1cccc(C(=O)NC2CC(C)(CCCCC(c3cccc(C(=O)NC4CC(C)(C)Oc5ccccc54)c3)N3C(=N)NC(CC)(CC)CC3=O)Oc3ccccc32)c1)N1C(=N)NC(CC)(CC)CC1=O. The number of benzene rings is 4. The molecule has 6 N–H and O–H groups in total. The van der Waals surface area contributed by atoms with Gasteiger partial charge in [-0.15, -0.1) is 0 Å². The van der Waals surface area contributed by atoms with Crippen LogP contribution >= 0.6 is 0 Å². The highest BCUT2D eigenvalue weighted by Crippen LogP contribution is 2.44. The molecule has 4 aromatic rings. The number of nitrogens with one attached hydrogen (secondary N) is 6. The molecule has 74 heavy (non-hydrogen) atoms. The van der Waals surface area contributed by atoms with Crippen LogP contribution in [0.5, 0.6) is 11.5 Å². The Morgan fingerprint density at radius 3 is 1.55 bits per heavy atom. The molecule has 0 aromatic heterocycles. The number of carbonyl (C=O) groups excluding carboxylic acids is 4. The summed E-state index contributed by atoms with van der Waals surface area (Å²) in [5.74, 6) is 0.984. The average molecular weight is 1010 g/mol. The molecule has 0 spiro atoms. The van der Waals surface area contributed by atoms with Crippen molar-refractivity contribution < 1.29 is 28.7 Å². The quantitative estimate of drug-likeness (QED) is 0.0500. The second-order valence-electron chi connectivity index (χ2n) is 22.1. The molecule has 0 saturated carbocycles. The molecule has 4 aliphatic heterocycles. The minimum atomic E-state index is -0.656. The summed E-state index contributed by atoms with van der Waals surface area (Å²) in [6, 6.07) is 29.0. The zero-order valence-electron chi connectivity index (χ0n) is 44.8. The monoisotopic (exact) mass is 1010 g/mol. The predicted octanol–water partition coefficient (Wildman–Crippen LogP) is 11.5. The van der Waals surface area contributed by atoms with Gasteiger partial charge in [0.1, 0.15) is 22.7 Å². The first-order valence-electron chi connectivity index (χ1n) is 27.1. The maximum atomic E-state index is 14.4. The van der Waals surface area contributed by atoms with Gasteiger partial charge in [-0.25, -0.2) is 0 Å². The zero-order chi connectivity index (χ0) is 53.0. The highest BCUT2D eigenvalue weighted by atomic mass is 16.5. The van der Waals surface area contributed by atoms with Crippen molar-refractivity contribution in [3.63, 3.8) is 0 Å². The van der Waals surface area contributed by atoms with E-state index in [0.717, 1.165) is 53.7 Å². The third-order valence-corrected chi connectivity index (χ3v) is 16.4. The number of guanidine groups is 2. The minimum Gasteiger partial charge on any atom is -0.487 e. The van der Waals surface area contributed by atoms with Crippen LogP contribution in [0.1, 0.15) is 212 Å². The molecule has 4 heterocycles. The summed E-state index contributed by atoms with van der Waals surface area (Å²) in [5.41, 5.74) is 2.30. The van der Waals surface area contributed by atoms with Crippen LogP contribution in [0.2, 0.25) is 0 Å². The third-order valence-electron chi connectivity index (χ3n) is 16.4. The average Bonchev–Trinajstić information content (AvgIpc) is 3.38. The number of rotatable bonds is 19. The van der Waals surface area contributed by atoms with Gasteiger partial charge in [-0.05, 0) is 120 Å². The van der Waals surface area contributed by atoms with E-state index in [4.69, 9.17) is 14.9 Å². The molecule has 394 valence electrons. The van der Waals surface area contributed by atoms with Crippen molar-refractivity contribution in [2.75, 3.05) is 0 Å².